The monoisotopic (exact) mass is 346 g/mol. The Morgan fingerprint density at radius 2 is 1.10 bits per heavy atom. The van der Waals surface area contributed by atoms with Crippen molar-refractivity contribution in [2.75, 3.05) is 20.8 Å². The molecule has 4 heteroatoms. The first-order valence-electron chi connectivity index (χ1n) is 8.46. The van der Waals surface area contributed by atoms with E-state index in [4.69, 9.17) is 0 Å². The third-order valence-electron chi connectivity index (χ3n) is 5.51. The predicted molar refractivity (Wildman–Crippen MR) is 83.2 cm³/mol. The minimum Gasteiger partial charge on any atom is -0.291 e. The quantitative estimate of drug-likeness (QED) is 0.711. The average molecular weight is 346 g/mol. The van der Waals surface area contributed by atoms with Gasteiger partial charge in [-0.25, -0.2) is 0 Å². The number of hydrogen-bond donors (Lipinski definition) is 0. The maximum Gasteiger partial charge on any atom is 0.0505 e. The van der Waals surface area contributed by atoms with Gasteiger partial charge in [0.2, 0.25) is 0 Å². The van der Waals surface area contributed by atoms with E-state index >= 15 is 0 Å². The molecule has 2 saturated carbocycles. The molecule has 4 unspecified atom stereocenters. The Bertz CT molecular complexity index is 250. The van der Waals surface area contributed by atoms with E-state index in [9.17, 15) is 0 Å². The van der Waals surface area contributed by atoms with E-state index in [2.05, 4.69) is 37.7 Å². The first kappa shape index (κ1) is 23.4. The summed E-state index contributed by atoms with van der Waals surface area (Å²) in [5.74, 6) is 1.86. The van der Waals surface area contributed by atoms with Crippen LogP contribution in [0.4, 0.5) is 0 Å². The van der Waals surface area contributed by atoms with Gasteiger partial charge in [-0.3, -0.25) is 9.80 Å². The van der Waals surface area contributed by atoms with Crippen LogP contribution in [0.2, 0.25) is 0 Å². The molecule has 2 rings (SSSR count). The van der Waals surface area contributed by atoms with E-state index in [0.717, 1.165) is 30.6 Å². The van der Waals surface area contributed by atoms with Crippen molar-refractivity contribution in [2.24, 2.45) is 11.8 Å². The molecule has 0 radical (unpaired) electrons. The number of hydrogen-bond acceptors (Lipinski definition) is 2. The summed E-state index contributed by atoms with van der Waals surface area (Å²) in [6.07, 6.45) is 11.4. The van der Waals surface area contributed by atoms with E-state index in [1.807, 2.05) is 0 Å². The molecular formula is C17H34Ar2N2. The van der Waals surface area contributed by atoms with Crippen LogP contribution >= 0.6 is 0 Å². The molecule has 0 aliphatic heterocycles. The van der Waals surface area contributed by atoms with E-state index in [-0.39, 0.29) is 75.5 Å². The van der Waals surface area contributed by atoms with Crippen molar-refractivity contribution in [3.8, 4) is 0 Å². The largest absolute Gasteiger partial charge is 0.291 e. The summed E-state index contributed by atoms with van der Waals surface area (Å²) in [5.41, 5.74) is 0. The molecular weight excluding hydrogens is 312 g/mol. The van der Waals surface area contributed by atoms with E-state index in [0.29, 0.717) is 0 Å². The van der Waals surface area contributed by atoms with Crippen molar-refractivity contribution in [3.05, 3.63) is 0 Å². The van der Waals surface area contributed by atoms with Gasteiger partial charge in [0.05, 0.1) is 6.67 Å². The van der Waals surface area contributed by atoms with Crippen molar-refractivity contribution in [1.82, 2.24) is 9.80 Å². The molecule has 2 aliphatic rings. The molecule has 128 valence electrons. The maximum atomic E-state index is 2.62. The van der Waals surface area contributed by atoms with Crippen LogP contribution in [0.25, 0.3) is 0 Å². The zero-order valence-corrected chi connectivity index (χ0v) is 15.7. The molecule has 0 aromatic rings. The SMILES string of the molecule is CC1CCCC(N(C)CN(C)C2CCCC(C)C2)C1.[Ar].[Ar]. The van der Waals surface area contributed by atoms with Gasteiger partial charge in [-0.15, -0.1) is 0 Å². The maximum absolute atomic E-state index is 2.62. The summed E-state index contributed by atoms with van der Waals surface area (Å²) < 4.78 is 0. The molecule has 21 heavy (non-hydrogen) atoms. The smallest absolute Gasteiger partial charge is 0.0505 e. The van der Waals surface area contributed by atoms with Gasteiger partial charge in [-0.05, 0) is 51.6 Å². The van der Waals surface area contributed by atoms with Crippen molar-refractivity contribution in [2.45, 2.75) is 77.3 Å². The predicted octanol–water partition coefficient (Wildman–Crippen LogP) is 3.96. The summed E-state index contributed by atoms with van der Waals surface area (Å²) in [7, 11) is 4.68. The van der Waals surface area contributed by atoms with Gasteiger partial charge in [-0.2, -0.15) is 0 Å². The summed E-state index contributed by atoms with van der Waals surface area (Å²) in [5, 5.41) is 0. The van der Waals surface area contributed by atoms with E-state index in [1.165, 1.54) is 51.4 Å². The molecule has 0 aromatic carbocycles. The normalized spacial score (nSPS) is 33.4. The fourth-order valence-electron chi connectivity index (χ4n) is 4.19. The van der Waals surface area contributed by atoms with Crippen LogP contribution in [0.3, 0.4) is 0 Å². The summed E-state index contributed by atoms with van der Waals surface area (Å²) in [6, 6.07) is 1.65. The van der Waals surface area contributed by atoms with Gasteiger partial charge in [0.15, 0.2) is 0 Å². The van der Waals surface area contributed by atoms with Crippen molar-refractivity contribution in [1.29, 1.82) is 0 Å². The first-order chi connectivity index (χ1) is 9.06. The van der Waals surface area contributed by atoms with Gasteiger partial charge in [0.25, 0.3) is 0 Å². The summed E-state index contributed by atoms with van der Waals surface area (Å²) in [6.45, 7) is 6.01. The molecule has 0 saturated heterocycles. The molecule has 4 atom stereocenters. The standard InChI is InChI=1S/C17H34N2.2Ar/c1-14-7-5-9-16(11-14)18(3)13-19(4)17-10-6-8-15(2)12-17;;/h14-17H,5-13H2,1-4H3;;. The van der Waals surface area contributed by atoms with Gasteiger partial charge < -0.3 is 0 Å². The van der Waals surface area contributed by atoms with Crippen LogP contribution in [0.1, 0.15) is 65.2 Å². The summed E-state index contributed by atoms with van der Waals surface area (Å²) >= 11 is 0. The van der Waals surface area contributed by atoms with Crippen molar-refractivity contribution < 1.29 is 75.5 Å². The van der Waals surface area contributed by atoms with Gasteiger partial charge in [0, 0.05) is 87.6 Å². The zero-order chi connectivity index (χ0) is 13.8. The topological polar surface area (TPSA) is 6.48 Å². The molecule has 0 heterocycles. The Morgan fingerprint density at radius 3 is 1.43 bits per heavy atom. The van der Waals surface area contributed by atoms with Crippen LogP contribution in [0, 0.1) is 87.3 Å². The Kier molecular flexibility index (Phi) is 13.3. The Balaban J connectivity index is 0.00000200. The minimum atomic E-state index is 0. The fourth-order valence-corrected chi connectivity index (χ4v) is 4.19. The first-order valence-corrected chi connectivity index (χ1v) is 8.46. The second-order valence-corrected chi connectivity index (χ2v) is 7.51. The average Bonchev–Trinajstić information content (AvgIpc) is 2.38. The fraction of sp³-hybridized carbons (Fsp3) is 1.00. The second kappa shape index (κ2) is 11.9. The molecule has 2 aliphatic carbocycles. The third kappa shape index (κ3) is 7.90. The minimum absolute atomic E-state index is 0. The van der Waals surface area contributed by atoms with Crippen LogP contribution in [-0.2, 0) is 0 Å². The molecule has 0 spiro atoms. The van der Waals surface area contributed by atoms with Crippen LogP contribution in [0.5, 0.6) is 0 Å². The molecule has 0 amide bonds. The van der Waals surface area contributed by atoms with Gasteiger partial charge in [-0.1, -0.05) is 39.5 Å². The molecule has 0 N–H and O–H groups in total. The Morgan fingerprint density at radius 1 is 0.714 bits per heavy atom. The Hall–Kier alpha value is 2.44. The van der Waals surface area contributed by atoms with Crippen LogP contribution in [-0.4, -0.2) is 42.6 Å². The molecule has 0 aromatic heterocycles. The molecule has 2 nitrogen and oxygen atoms in total. The number of nitrogens with zero attached hydrogens (tertiary/aromatic N) is 2. The third-order valence-corrected chi connectivity index (χ3v) is 5.51. The van der Waals surface area contributed by atoms with Crippen molar-refractivity contribution in [3.63, 3.8) is 0 Å². The number of rotatable bonds is 4. The zero-order valence-electron chi connectivity index (χ0n) is 14.3. The van der Waals surface area contributed by atoms with E-state index in [1.54, 1.807) is 0 Å². The molecule has 0 bridgehead atoms. The molecule has 2 fully saturated rings. The van der Waals surface area contributed by atoms with E-state index < -0.39 is 0 Å². The van der Waals surface area contributed by atoms with Crippen LogP contribution < -0.4 is 0 Å². The van der Waals surface area contributed by atoms with Gasteiger partial charge >= 0.3 is 0 Å². The van der Waals surface area contributed by atoms with Crippen LogP contribution in [0.15, 0.2) is 0 Å². The summed E-state index contributed by atoms with van der Waals surface area (Å²) in [4.78, 5) is 5.24. The second-order valence-electron chi connectivity index (χ2n) is 7.51. The van der Waals surface area contributed by atoms with Gasteiger partial charge in [0.1, 0.15) is 0 Å². The van der Waals surface area contributed by atoms with Crippen molar-refractivity contribution >= 4 is 0 Å². The Labute approximate surface area is 192 Å².